The van der Waals surface area contributed by atoms with Gasteiger partial charge >= 0.3 is 18.0 Å². The van der Waals surface area contributed by atoms with Crippen LogP contribution in [0.2, 0.25) is 0 Å². The van der Waals surface area contributed by atoms with Gasteiger partial charge in [0.1, 0.15) is 6.29 Å². The fourth-order valence-corrected chi connectivity index (χ4v) is 0.676. The summed E-state index contributed by atoms with van der Waals surface area (Å²) in [6, 6.07) is 0. The number of hydrogen-bond donors (Lipinski definition) is 1. The van der Waals surface area contributed by atoms with Crippen molar-refractivity contribution in [2.45, 2.75) is 24.4 Å². The minimum Gasteiger partial charge on any atom is -0.350 e. The topological polar surface area (TPSA) is 46.2 Å². The zero-order valence-electron chi connectivity index (χ0n) is 7.95. The van der Waals surface area contributed by atoms with Gasteiger partial charge < -0.3 is 10.1 Å². The van der Waals surface area contributed by atoms with Crippen molar-refractivity contribution in [2.24, 2.45) is 0 Å². The number of carbonyl (C=O) groups excluding carboxylic acids is 2. The van der Waals surface area contributed by atoms with E-state index < -0.39 is 36.9 Å². The average molecular weight is 269 g/mol. The van der Waals surface area contributed by atoms with Crippen LogP contribution in [-0.2, 0) is 9.59 Å². The van der Waals surface area contributed by atoms with Crippen LogP contribution in [0.3, 0.4) is 0 Å². The van der Waals surface area contributed by atoms with E-state index in [0.29, 0.717) is 0 Å². The summed E-state index contributed by atoms with van der Waals surface area (Å²) in [4.78, 5) is 20.2. The summed E-state index contributed by atoms with van der Waals surface area (Å²) in [5.74, 6) is -15.2. The van der Waals surface area contributed by atoms with Gasteiger partial charge in [0, 0.05) is 13.0 Å². The Bertz CT molecular complexity index is 299. The second-order valence-corrected chi connectivity index (χ2v) is 2.86. The number of amides is 1. The molecule has 0 aliphatic rings. The van der Waals surface area contributed by atoms with Crippen LogP contribution >= 0.6 is 0 Å². The highest BCUT2D eigenvalue weighted by Gasteiger charge is 2.76. The monoisotopic (exact) mass is 269 g/mol. The molecule has 0 rings (SSSR count). The van der Waals surface area contributed by atoms with Crippen LogP contribution < -0.4 is 5.32 Å². The maximum Gasteiger partial charge on any atom is 0.460 e. The summed E-state index contributed by atoms with van der Waals surface area (Å²) in [6.45, 7) is -0.758. The van der Waals surface area contributed by atoms with Crippen LogP contribution in [-0.4, -0.2) is 36.8 Å². The number of nitrogens with one attached hydrogen (secondary N) is 1. The number of hydrogen-bond acceptors (Lipinski definition) is 2. The van der Waals surface area contributed by atoms with Crippen LogP contribution in [0, 0.1) is 0 Å². The van der Waals surface area contributed by atoms with Gasteiger partial charge in [-0.15, -0.1) is 0 Å². The van der Waals surface area contributed by atoms with Crippen LogP contribution in [0.1, 0.15) is 6.42 Å². The van der Waals surface area contributed by atoms with Crippen molar-refractivity contribution in [2.75, 3.05) is 6.54 Å². The maximum atomic E-state index is 12.5. The van der Waals surface area contributed by atoms with Crippen molar-refractivity contribution >= 4 is 12.2 Å². The summed E-state index contributed by atoms with van der Waals surface area (Å²) in [5, 5.41) is 1.10. The molecule has 1 amide bonds. The first-order valence-corrected chi connectivity index (χ1v) is 4.02. The van der Waals surface area contributed by atoms with Crippen molar-refractivity contribution in [3.63, 3.8) is 0 Å². The van der Waals surface area contributed by atoms with Gasteiger partial charge in [0.25, 0.3) is 5.91 Å². The third kappa shape index (κ3) is 3.07. The molecule has 0 bridgehead atoms. The van der Waals surface area contributed by atoms with Crippen molar-refractivity contribution in [1.82, 2.24) is 5.32 Å². The molecule has 0 aromatic rings. The van der Waals surface area contributed by atoms with Crippen LogP contribution in [0.4, 0.5) is 30.7 Å². The van der Waals surface area contributed by atoms with Gasteiger partial charge in [-0.05, 0) is 0 Å². The highest BCUT2D eigenvalue weighted by molar-refractivity contribution is 5.84. The Morgan fingerprint density at radius 3 is 1.88 bits per heavy atom. The molecule has 0 spiro atoms. The molecule has 0 unspecified atom stereocenters. The van der Waals surface area contributed by atoms with Crippen molar-refractivity contribution in [3.8, 4) is 0 Å². The van der Waals surface area contributed by atoms with Crippen molar-refractivity contribution in [3.05, 3.63) is 0 Å². The highest BCUT2D eigenvalue weighted by atomic mass is 19.4. The maximum absolute atomic E-state index is 12.5. The lowest BCUT2D eigenvalue weighted by atomic mass is 10.1. The average Bonchev–Trinajstić information content (AvgIpc) is 2.15. The summed E-state index contributed by atoms with van der Waals surface area (Å²) in [6.07, 6.45) is -6.88. The summed E-state index contributed by atoms with van der Waals surface area (Å²) < 4.78 is 84.5. The molecule has 0 aliphatic heterocycles. The molecule has 0 radical (unpaired) electrons. The molecule has 3 nitrogen and oxygen atoms in total. The largest absolute Gasteiger partial charge is 0.460 e. The molecule has 100 valence electrons. The lowest BCUT2D eigenvalue weighted by Crippen LogP contribution is -2.59. The summed E-state index contributed by atoms with van der Waals surface area (Å²) in [7, 11) is 0. The van der Waals surface area contributed by atoms with Gasteiger partial charge in [0.15, 0.2) is 0 Å². The van der Waals surface area contributed by atoms with E-state index in [9.17, 15) is 40.3 Å². The van der Waals surface area contributed by atoms with E-state index in [1.165, 1.54) is 0 Å². The van der Waals surface area contributed by atoms with E-state index in [4.69, 9.17) is 0 Å². The molecule has 17 heavy (non-hydrogen) atoms. The van der Waals surface area contributed by atoms with E-state index in [1.807, 2.05) is 0 Å². The third-order valence-corrected chi connectivity index (χ3v) is 1.58. The first-order chi connectivity index (χ1) is 7.48. The minimum absolute atomic E-state index is 0.167. The highest BCUT2D eigenvalue weighted by Crippen LogP contribution is 2.46. The number of rotatable bonds is 5. The number of alkyl halides is 7. The third-order valence-electron chi connectivity index (χ3n) is 1.58. The second-order valence-electron chi connectivity index (χ2n) is 2.86. The van der Waals surface area contributed by atoms with Crippen molar-refractivity contribution < 1.29 is 40.3 Å². The molecule has 0 saturated heterocycles. The van der Waals surface area contributed by atoms with E-state index in [1.54, 1.807) is 0 Å². The van der Waals surface area contributed by atoms with E-state index in [2.05, 4.69) is 0 Å². The molecule has 0 heterocycles. The fraction of sp³-hybridized carbons (Fsp3) is 0.714. The van der Waals surface area contributed by atoms with E-state index >= 15 is 0 Å². The Kier molecular flexibility index (Phi) is 4.49. The van der Waals surface area contributed by atoms with Gasteiger partial charge in [-0.2, -0.15) is 30.7 Å². The molecule has 0 aromatic heterocycles. The first-order valence-electron chi connectivity index (χ1n) is 4.02. The van der Waals surface area contributed by atoms with E-state index in [0.717, 1.165) is 5.32 Å². The Morgan fingerprint density at radius 1 is 1.06 bits per heavy atom. The SMILES string of the molecule is O=CCCNC(=O)C(F)(F)C(F)(F)C(F)(F)F. The smallest absolute Gasteiger partial charge is 0.350 e. The molecule has 0 aromatic carbocycles. The molecule has 0 fully saturated rings. The van der Waals surface area contributed by atoms with E-state index in [-0.39, 0.29) is 6.29 Å². The molecular weight excluding hydrogens is 263 g/mol. The fourth-order valence-electron chi connectivity index (χ4n) is 0.676. The van der Waals surface area contributed by atoms with Crippen LogP contribution in [0.5, 0.6) is 0 Å². The quantitative estimate of drug-likeness (QED) is 0.467. The van der Waals surface area contributed by atoms with Gasteiger partial charge in [0.2, 0.25) is 0 Å². The molecule has 0 atom stereocenters. The van der Waals surface area contributed by atoms with Gasteiger partial charge in [-0.25, -0.2) is 0 Å². The van der Waals surface area contributed by atoms with Gasteiger partial charge in [-0.1, -0.05) is 0 Å². The summed E-state index contributed by atoms with van der Waals surface area (Å²) >= 11 is 0. The predicted octanol–water partition coefficient (Wildman–Crippen LogP) is 1.52. The zero-order chi connectivity index (χ0) is 13.9. The number of halogens is 7. The Balaban J connectivity index is 4.87. The predicted molar refractivity (Wildman–Crippen MR) is 39.6 cm³/mol. The lowest BCUT2D eigenvalue weighted by molar-refractivity contribution is -0.344. The molecule has 1 N–H and O–H groups in total. The van der Waals surface area contributed by atoms with Gasteiger partial charge in [-0.3, -0.25) is 4.79 Å². The number of carbonyl (C=O) groups is 2. The molecule has 10 heteroatoms. The molecule has 0 saturated carbocycles. The Hall–Kier alpha value is -1.35. The van der Waals surface area contributed by atoms with Gasteiger partial charge in [0.05, 0.1) is 0 Å². The normalized spacial score (nSPS) is 13.4. The van der Waals surface area contributed by atoms with Crippen LogP contribution in [0.25, 0.3) is 0 Å². The molecule has 0 aliphatic carbocycles. The Morgan fingerprint density at radius 2 is 1.53 bits per heavy atom. The lowest BCUT2D eigenvalue weighted by Gasteiger charge is -2.26. The van der Waals surface area contributed by atoms with Crippen molar-refractivity contribution in [1.29, 1.82) is 0 Å². The molecular formula is C7H6F7NO2. The first kappa shape index (κ1) is 15.6. The minimum atomic E-state index is -6.56. The standard InChI is InChI=1S/C7H6F7NO2/c8-5(9,4(17)15-2-1-3-16)6(10,11)7(12,13)14/h3H,1-2H2,(H,15,17). The Labute approximate surface area is 90.0 Å². The number of aldehydes is 1. The zero-order valence-corrected chi connectivity index (χ0v) is 7.95. The summed E-state index contributed by atoms with van der Waals surface area (Å²) in [5.41, 5.74) is 0. The van der Waals surface area contributed by atoms with Crippen LogP contribution in [0.15, 0.2) is 0 Å². The second kappa shape index (κ2) is 4.88.